The zero-order chi connectivity index (χ0) is 12.4. The molecular formula is C16H21NO. The Labute approximate surface area is 108 Å². The average molecular weight is 243 g/mol. The summed E-state index contributed by atoms with van der Waals surface area (Å²) in [6, 6.07) is 5.61. The van der Waals surface area contributed by atoms with Crippen molar-refractivity contribution in [1.29, 1.82) is 0 Å². The molecule has 2 nitrogen and oxygen atoms in total. The van der Waals surface area contributed by atoms with Crippen LogP contribution in [0.3, 0.4) is 0 Å². The maximum Gasteiger partial charge on any atom is 0.117 e. The SMILES string of the molecule is Oc1ccc2c(CCC3CCCCC3)c[nH]c2c1. The van der Waals surface area contributed by atoms with Crippen LogP contribution in [0.1, 0.15) is 44.1 Å². The predicted molar refractivity (Wildman–Crippen MR) is 74.9 cm³/mol. The first-order valence-electron chi connectivity index (χ1n) is 7.12. The number of nitrogens with one attached hydrogen (secondary N) is 1. The van der Waals surface area contributed by atoms with Crippen LogP contribution in [0.2, 0.25) is 0 Å². The Kier molecular flexibility index (Phi) is 3.26. The summed E-state index contributed by atoms with van der Waals surface area (Å²) < 4.78 is 0. The fourth-order valence-electron chi connectivity index (χ4n) is 3.22. The summed E-state index contributed by atoms with van der Waals surface area (Å²) in [4.78, 5) is 3.26. The predicted octanol–water partition coefficient (Wildman–Crippen LogP) is 4.39. The van der Waals surface area contributed by atoms with Gasteiger partial charge in [-0.2, -0.15) is 0 Å². The lowest BCUT2D eigenvalue weighted by Crippen LogP contribution is -2.07. The lowest BCUT2D eigenvalue weighted by molar-refractivity contribution is 0.339. The van der Waals surface area contributed by atoms with Crippen LogP contribution in [0.4, 0.5) is 0 Å². The van der Waals surface area contributed by atoms with Gasteiger partial charge in [0.1, 0.15) is 5.75 Å². The van der Waals surface area contributed by atoms with E-state index >= 15 is 0 Å². The van der Waals surface area contributed by atoms with Crippen molar-refractivity contribution >= 4 is 10.9 Å². The van der Waals surface area contributed by atoms with E-state index < -0.39 is 0 Å². The minimum absolute atomic E-state index is 0.336. The topological polar surface area (TPSA) is 36.0 Å². The molecule has 1 aliphatic rings. The quantitative estimate of drug-likeness (QED) is 0.824. The van der Waals surface area contributed by atoms with E-state index in [1.807, 2.05) is 6.07 Å². The van der Waals surface area contributed by atoms with E-state index in [0.29, 0.717) is 5.75 Å². The molecular weight excluding hydrogens is 222 g/mol. The van der Waals surface area contributed by atoms with Crippen LogP contribution in [-0.4, -0.2) is 10.1 Å². The Morgan fingerprint density at radius 2 is 2.00 bits per heavy atom. The lowest BCUT2D eigenvalue weighted by Gasteiger charge is -2.21. The third kappa shape index (κ3) is 2.38. The standard InChI is InChI=1S/C16H21NO/c18-14-8-9-15-13(11-17-16(15)10-14)7-6-12-4-2-1-3-5-12/h8-12,17-18H,1-7H2. The molecule has 0 bridgehead atoms. The number of fused-ring (bicyclic) bond motifs is 1. The molecule has 2 heteroatoms. The Balaban J connectivity index is 1.70. The lowest BCUT2D eigenvalue weighted by atomic mass is 9.85. The maximum atomic E-state index is 9.45. The van der Waals surface area contributed by atoms with E-state index in [9.17, 15) is 5.11 Å². The van der Waals surface area contributed by atoms with E-state index in [1.165, 1.54) is 49.5 Å². The molecule has 96 valence electrons. The molecule has 0 aliphatic heterocycles. The summed E-state index contributed by atoms with van der Waals surface area (Å²) in [5.74, 6) is 1.27. The first-order valence-corrected chi connectivity index (χ1v) is 7.12. The van der Waals surface area contributed by atoms with Gasteiger partial charge in [-0.3, -0.25) is 0 Å². The molecule has 1 aromatic heterocycles. The molecule has 2 aromatic rings. The molecule has 0 atom stereocenters. The third-order valence-electron chi connectivity index (χ3n) is 4.30. The average Bonchev–Trinajstić information content (AvgIpc) is 2.80. The Bertz CT molecular complexity index is 523. The van der Waals surface area contributed by atoms with Gasteiger partial charge in [0.2, 0.25) is 0 Å². The van der Waals surface area contributed by atoms with Crippen molar-refractivity contribution in [3.63, 3.8) is 0 Å². The van der Waals surface area contributed by atoms with Crippen molar-refractivity contribution in [2.24, 2.45) is 5.92 Å². The van der Waals surface area contributed by atoms with Gasteiger partial charge in [-0.25, -0.2) is 0 Å². The molecule has 0 spiro atoms. The second kappa shape index (κ2) is 5.05. The summed E-state index contributed by atoms with van der Waals surface area (Å²) in [5, 5.41) is 10.7. The number of rotatable bonds is 3. The zero-order valence-electron chi connectivity index (χ0n) is 10.8. The van der Waals surface area contributed by atoms with Gasteiger partial charge in [0.05, 0.1) is 0 Å². The largest absolute Gasteiger partial charge is 0.508 e. The second-order valence-corrected chi connectivity index (χ2v) is 5.59. The van der Waals surface area contributed by atoms with Crippen LogP contribution in [-0.2, 0) is 6.42 Å². The van der Waals surface area contributed by atoms with Gasteiger partial charge in [-0.05, 0) is 36.5 Å². The number of aromatic hydroxyl groups is 1. The van der Waals surface area contributed by atoms with E-state index in [4.69, 9.17) is 0 Å². The Morgan fingerprint density at radius 3 is 2.83 bits per heavy atom. The summed E-state index contributed by atoms with van der Waals surface area (Å²) >= 11 is 0. The molecule has 0 saturated heterocycles. The van der Waals surface area contributed by atoms with Crippen LogP contribution in [0.25, 0.3) is 10.9 Å². The molecule has 0 unspecified atom stereocenters. The van der Waals surface area contributed by atoms with Crippen LogP contribution >= 0.6 is 0 Å². The molecule has 1 saturated carbocycles. The summed E-state index contributed by atoms with van der Waals surface area (Å²) in [6.07, 6.45) is 11.7. The summed E-state index contributed by atoms with van der Waals surface area (Å²) in [7, 11) is 0. The summed E-state index contributed by atoms with van der Waals surface area (Å²) in [5.41, 5.74) is 2.45. The van der Waals surface area contributed by atoms with Gasteiger partial charge in [-0.1, -0.05) is 32.1 Å². The van der Waals surface area contributed by atoms with Gasteiger partial charge in [-0.15, -0.1) is 0 Å². The molecule has 3 rings (SSSR count). The van der Waals surface area contributed by atoms with Gasteiger partial charge >= 0.3 is 0 Å². The van der Waals surface area contributed by atoms with Crippen molar-refractivity contribution in [3.05, 3.63) is 30.0 Å². The fraction of sp³-hybridized carbons (Fsp3) is 0.500. The molecule has 0 amide bonds. The van der Waals surface area contributed by atoms with Crippen LogP contribution in [0.5, 0.6) is 5.75 Å². The van der Waals surface area contributed by atoms with Crippen molar-refractivity contribution < 1.29 is 5.11 Å². The smallest absolute Gasteiger partial charge is 0.117 e. The van der Waals surface area contributed by atoms with Gasteiger partial charge < -0.3 is 10.1 Å². The Morgan fingerprint density at radius 1 is 1.17 bits per heavy atom. The minimum Gasteiger partial charge on any atom is -0.508 e. The van der Waals surface area contributed by atoms with Gasteiger partial charge in [0.15, 0.2) is 0 Å². The number of phenols is 1. The maximum absolute atomic E-state index is 9.45. The van der Waals surface area contributed by atoms with Crippen molar-refractivity contribution in [2.45, 2.75) is 44.9 Å². The number of aromatic amines is 1. The number of phenolic OH excluding ortho intramolecular Hbond substituents is 1. The number of benzene rings is 1. The normalized spacial score (nSPS) is 17.3. The molecule has 1 heterocycles. The van der Waals surface area contributed by atoms with Crippen LogP contribution in [0.15, 0.2) is 24.4 Å². The molecule has 1 fully saturated rings. The van der Waals surface area contributed by atoms with E-state index in [-0.39, 0.29) is 0 Å². The highest BCUT2D eigenvalue weighted by Crippen LogP contribution is 2.29. The van der Waals surface area contributed by atoms with E-state index in [2.05, 4.69) is 11.2 Å². The monoisotopic (exact) mass is 243 g/mol. The first-order chi connectivity index (χ1) is 8.83. The fourth-order valence-corrected chi connectivity index (χ4v) is 3.22. The van der Waals surface area contributed by atoms with Crippen molar-refractivity contribution in [2.75, 3.05) is 0 Å². The third-order valence-corrected chi connectivity index (χ3v) is 4.30. The van der Waals surface area contributed by atoms with Crippen molar-refractivity contribution in [3.8, 4) is 5.75 Å². The second-order valence-electron chi connectivity index (χ2n) is 5.59. The molecule has 0 radical (unpaired) electrons. The molecule has 1 aromatic carbocycles. The zero-order valence-corrected chi connectivity index (χ0v) is 10.8. The van der Waals surface area contributed by atoms with Crippen LogP contribution < -0.4 is 0 Å². The first kappa shape index (κ1) is 11.6. The van der Waals surface area contributed by atoms with Gasteiger partial charge in [0.25, 0.3) is 0 Å². The van der Waals surface area contributed by atoms with E-state index in [0.717, 1.165) is 17.9 Å². The van der Waals surface area contributed by atoms with Crippen molar-refractivity contribution in [1.82, 2.24) is 4.98 Å². The Hall–Kier alpha value is -1.44. The highest BCUT2D eigenvalue weighted by Gasteiger charge is 2.14. The minimum atomic E-state index is 0.336. The number of aromatic nitrogens is 1. The molecule has 1 aliphatic carbocycles. The number of hydrogen-bond acceptors (Lipinski definition) is 1. The van der Waals surface area contributed by atoms with E-state index in [1.54, 1.807) is 12.1 Å². The molecule has 18 heavy (non-hydrogen) atoms. The summed E-state index contributed by atoms with van der Waals surface area (Å²) in [6.45, 7) is 0. The highest BCUT2D eigenvalue weighted by molar-refractivity contribution is 5.84. The highest BCUT2D eigenvalue weighted by atomic mass is 16.3. The number of H-pyrrole nitrogens is 1. The van der Waals surface area contributed by atoms with Gasteiger partial charge in [0, 0.05) is 23.2 Å². The molecule has 2 N–H and O–H groups in total. The van der Waals surface area contributed by atoms with Crippen LogP contribution in [0, 0.1) is 5.92 Å². The number of aryl methyl sites for hydroxylation is 1. The number of hydrogen-bond donors (Lipinski definition) is 2.